The van der Waals surface area contributed by atoms with Crippen LogP contribution >= 0.6 is 0 Å². The predicted octanol–water partition coefficient (Wildman–Crippen LogP) is 1.47. The van der Waals surface area contributed by atoms with Gasteiger partial charge in [0, 0.05) is 13.0 Å². The Hall–Kier alpha value is -1.26. The van der Waals surface area contributed by atoms with Gasteiger partial charge in [-0.3, -0.25) is 10.2 Å². The molecule has 17 heavy (non-hydrogen) atoms. The van der Waals surface area contributed by atoms with E-state index in [-0.39, 0.29) is 11.9 Å². The number of hydrogen-bond donors (Lipinski definition) is 4. The molecule has 0 aliphatic rings. The van der Waals surface area contributed by atoms with Crippen LogP contribution < -0.4 is 16.8 Å². The van der Waals surface area contributed by atoms with Gasteiger partial charge in [-0.25, -0.2) is 0 Å². The van der Waals surface area contributed by atoms with E-state index < -0.39 is 0 Å². The molecule has 0 aromatic carbocycles. The normalized spacial score (nSPS) is 10.1. The Labute approximate surface area is 104 Å². The molecule has 0 aromatic rings. The number of unbranched alkanes of at least 4 members (excludes halogenated alkanes) is 7. The van der Waals surface area contributed by atoms with Crippen LogP contribution in [-0.2, 0) is 4.79 Å². The van der Waals surface area contributed by atoms with E-state index in [1.165, 1.54) is 32.1 Å². The summed E-state index contributed by atoms with van der Waals surface area (Å²) < 4.78 is 0. The van der Waals surface area contributed by atoms with Crippen LogP contribution in [0.3, 0.4) is 0 Å². The van der Waals surface area contributed by atoms with E-state index >= 15 is 0 Å². The second-order valence-corrected chi connectivity index (χ2v) is 4.39. The fourth-order valence-electron chi connectivity index (χ4n) is 1.71. The molecule has 6 N–H and O–H groups in total. The summed E-state index contributed by atoms with van der Waals surface area (Å²) in [6, 6.07) is 0. The van der Waals surface area contributed by atoms with Crippen LogP contribution in [0, 0.1) is 5.41 Å². The van der Waals surface area contributed by atoms with Crippen LogP contribution in [0.25, 0.3) is 0 Å². The van der Waals surface area contributed by atoms with Crippen LogP contribution in [0.1, 0.15) is 57.8 Å². The smallest absolute Gasteiger partial charge is 0.217 e. The molecule has 0 bridgehead atoms. The molecule has 0 atom stereocenters. The molecule has 1 amide bonds. The number of rotatable bonds is 11. The molecule has 0 aliphatic carbocycles. The minimum atomic E-state index is -0.192. The average Bonchev–Trinajstić information content (AvgIpc) is 2.25. The highest BCUT2D eigenvalue weighted by Crippen LogP contribution is 2.09. The van der Waals surface area contributed by atoms with Crippen molar-refractivity contribution in [3.8, 4) is 0 Å². The predicted molar refractivity (Wildman–Crippen MR) is 70.7 cm³/mol. The second kappa shape index (κ2) is 11.2. The fourth-order valence-corrected chi connectivity index (χ4v) is 1.71. The van der Waals surface area contributed by atoms with Crippen molar-refractivity contribution < 1.29 is 4.79 Å². The zero-order valence-corrected chi connectivity index (χ0v) is 10.6. The maximum atomic E-state index is 10.5. The molecule has 0 radical (unpaired) electrons. The molecule has 0 saturated heterocycles. The van der Waals surface area contributed by atoms with E-state index in [0.717, 1.165) is 25.8 Å². The highest BCUT2D eigenvalue weighted by atomic mass is 16.1. The van der Waals surface area contributed by atoms with Crippen molar-refractivity contribution in [1.29, 1.82) is 5.41 Å². The lowest BCUT2D eigenvalue weighted by Crippen LogP contribution is -2.30. The summed E-state index contributed by atoms with van der Waals surface area (Å²) in [6.07, 6.45) is 9.72. The molecule has 0 rings (SSSR count). The zero-order valence-electron chi connectivity index (χ0n) is 10.6. The first-order chi connectivity index (χ1) is 8.13. The Morgan fingerprint density at radius 1 is 0.882 bits per heavy atom. The van der Waals surface area contributed by atoms with Gasteiger partial charge in [0.05, 0.1) is 0 Å². The van der Waals surface area contributed by atoms with Gasteiger partial charge in [0.25, 0.3) is 0 Å². The molecule has 0 spiro atoms. The Morgan fingerprint density at radius 3 is 1.82 bits per heavy atom. The molecule has 5 heteroatoms. The number of amides is 1. The van der Waals surface area contributed by atoms with E-state index in [4.69, 9.17) is 16.9 Å². The Morgan fingerprint density at radius 2 is 1.35 bits per heavy atom. The third kappa shape index (κ3) is 14.7. The second-order valence-electron chi connectivity index (χ2n) is 4.39. The first-order valence-corrected chi connectivity index (χ1v) is 6.49. The van der Waals surface area contributed by atoms with Crippen molar-refractivity contribution in [2.24, 2.45) is 11.5 Å². The Kier molecular flexibility index (Phi) is 10.4. The Bertz CT molecular complexity index is 197. The zero-order chi connectivity index (χ0) is 12.9. The highest BCUT2D eigenvalue weighted by molar-refractivity contribution is 5.74. The molecule has 0 aliphatic heterocycles. The fraction of sp³-hybridized carbons (Fsp3) is 0.833. The number of carbonyl (C=O) groups is 1. The lowest BCUT2D eigenvalue weighted by molar-refractivity contribution is -0.118. The van der Waals surface area contributed by atoms with E-state index in [9.17, 15) is 4.79 Å². The van der Waals surface area contributed by atoms with Gasteiger partial charge in [-0.2, -0.15) is 0 Å². The maximum absolute atomic E-state index is 10.5. The third-order valence-corrected chi connectivity index (χ3v) is 2.67. The monoisotopic (exact) mass is 242 g/mol. The van der Waals surface area contributed by atoms with Crippen molar-refractivity contribution in [3.63, 3.8) is 0 Å². The largest absolute Gasteiger partial charge is 0.370 e. The van der Waals surface area contributed by atoms with Crippen molar-refractivity contribution in [3.05, 3.63) is 0 Å². The number of nitrogens with two attached hydrogens (primary N) is 2. The first-order valence-electron chi connectivity index (χ1n) is 6.49. The number of guanidine groups is 1. The number of primary amides is 1. The van der Waals surface area contributed by atoms with Crippen LogP contribution in [0.15, 0.2) is 0 Å². The van der Waals surface area contributed by atoms with Gasteiger partial charge < -0.3 is 16.8 Å². The quantitative estimate of drug-likeness (QED) is 0.250. The van der Waals surface area contributed by atoms with E-state index in [1.807, 2.05) is 0 Å². The van der Waals surface area contributed by atoms with E-state index in [1.54, 1.807) is 0 Å². The van der Waals surface area contributed by atoms with Gasteiger partial charge in [-0.1, -0.05) is 38.5 Å². The summed E-state index contributed by atoms with van der Waals surface area (Å²) >= 11 is 0. The van der Waals surface area contributed by atoms with Gasteiger partial charge in [-0.15, -0.1) is 0 Å². The molecule has 0 unspecified atom stereocenters. The SMILES string of the molecule is N=C(N)NCCCCCCCCCCC(N)=O. The van der Waals surface area contributed by atoms with Gasteiger partial charge in [-0.05, 0) is 12.8 Å². The number of carbonyl (C=O) groups excluding carboxylic acids is 1. The van der Waals surface area contributed by atoms with Gasteiger partial charge >= 0.3 is 0 Å². The summed E-state index contributed by atoms with van der Waals surface area (Å²) in [5, 5.41) is 9.76. The first kappa shape index (κ1) is 15.7. The van der Waals surface area contributed by atoms with Crippen LogP contribution in [0.2, 0.25) is 0 Å². The molecule has 0 heterocycles. The summed E-state index contributed by atoms with van der Waals surface area (Å²) in [7, 11) is 0. The number of hydrogen-bond acceptors (Lipinski definition) is 2. The standard InChI is InChI=1S/C12H26N4O/c13-11(17)9-7-5-3-1-2-4-6-8-10-16-12(14)15/h1-10H2,(H2,13,17)(H4,14,15,16). The van der Waals surface area contributed by atoms with E-state index in [2.05, 4.69) is 5.32 Å². The van der Waals surface area contributed by atoms with Crippen LogP contribution in [-0.4, -0.2) is 18.4 Å². The number of nitrogens with one attached hydrogen (secondary N) is 2. The highest BCUT2D eigenvalue weighted by Gasteiger charge is 1.95. The molecule has 5 nitrogen and oxygen atoms in total. The third-order valence-electron chi connectivity index (χ3n) is 2.67. The van der Waals surface area contributed by atoms with Crippen LogP contribution in [0.4, 0.5) is 0 Å². The average molecular weight is 242 g/mol. The summed E-state index contributed by atoms with van der Waals surface area (Å²) in [5.41, 5.74) is 10.2. The van der Waals surface area contributed by atoms with Gasteiger partial charge in [0.1, 0.15) is 0 Å². The lowest BCUT2D eigenvalue weighted by atomic mass is 10.1. The molecule has 100 valence electrons. The molecular weight excluding hydrogens is 216 g/mol. The van der Waals surface area contributed by atoms with Crippen molar-refractivity contribution in [1.82, 2.24) is 5.32 Å². The molecular formula is C12H26N4O. The summed E-state index contributed by atoms with van der Waals surface area (Å²) in [4.78, 5) is 10.5. The molecule has 0 saturated carbocycles. The topological polar surface area (TPSA) is 105 Å². The maximum Gasteiger partial charge on any atom is 0.217 e. The molecule has 0 aromatic heterocycles. The minimum Gasteiger partial charge on any atom is -0.370 e. The Balaban J connectivity index is 2.98. The molecule has 0 fully saturated rings. The van der Waals surface area contributed by atoms with Crippen LogP contribution in [0.5, 0.6) is 0 Å². The van der Waals surface area contributed by atoms with Gasteiger partial charge in [0.2, 0.25) is 5.91 Å². The van der Waals surface area contributed by atoms with Crippen molar-refractivity contribution >= 4 is 11.9 Å². The van der Waals surface area contributed by atoms with E-state index in [0.29, 0.717) is 6.42 Å². The van der Waals surface area contributed by atoms with Crippen molar-refractivity contribution in [2.75, 3.05) is 6.54 Å². The summed E-state index contributed by atoms with van der Waals surface area (Å²) in [6.45, 7) is 0.800. The summed E-state index contributed by atoms with van der Waals surface area (Å²) in [5.74, 6) is -0.137. The minimum absolute atomic E-state index is 0.0550. The van der Waals surface area contributed by atoms with Crippen molar-refractivity contribution in [2.45, 2.75) is 57.8 Å². The lowest BCUT2D eigenvalue weighted by Gasteiger charge is -2.03. The van der Waals surface area contributed by atoms with Gasteiger partial charge in [0.15, 0.2) is 5.96 Å².